The van der Waals surface area contributed by atoms with Crippen LogP contribution in [0.25, 0.3) is 0 Å². The zero-order chi connectivity index (χ0) is 15.9. The van der Waals surface area contributed by atoms with E-state index in [9.17, 15) is 9.59 Å². The number of hydrogen-bond acceptors (Lipinski definition) is 4. The van der Waals surface area contributed by atoms with Crippen molar-refractivity contribution in [3.63, 3.8) is 0 Å². The van der Waals surface area contributed by atoms with E-state index in [1.165, 1.54) is 13.4 Å². The maximum atomic E-state index is 12.6. The molecule has 0 spiro atoms. The first-order valence-electron chi connectivity index (χ1n) is 7.09. The summed E-state index contributed by atoms with van der Waals surface area (Å²) >= 11 is 0. The highest BCUT2D eigenvalue weighted by atomic mass is 16.5. The summed E-state index contributed by atoms with van der Waals surface area (Å²) in [6.45, 7) is 2.19. The van der Waals surface area contributed by atoms with Crippen molar-refractivity contribution in [2.24, 2.45) is 0 Å². The van der Waals surface area contributed by atoms with Gasteiger partial charge in [-0.2, -0.15) is 0 Å². The van der Waals surface area contributed by atoms with Crippen LogP contribution in [0.4, 0.5) is 0 Å². The van der Waals surface area contributed by atoms with E-state index in [2.05, 4.69) is 4.74 Å². The van der Waals surface area contributed by atoms with Gasteiger partial charge in [0.2, 0.25) is 0 Å². The SMILES string of the molecule is COC(=O)CCN(C(=O)c1ccco1)C(C)c1ccccc1. The van der Waals surface area contributed by atoms with Crippen molar-refractivity contribution < 1.29 is 18.7 Å². The van der Waals surface area contributed by atoms with Gasteiger partial charge in [0.25, 0.3) is 5.91 Å². The van der Waals surface area contributed by atoms with Gasteiger partial charge in [-0.15, -0.1) is 0 Å². The number of methoxy groups -OCH3 is 1. The van der Waals surface area contributed by atoms with Crippen molar-refractivity contribution in [3.05, 3.63) is 60.1 Å². The Labute approximate surface area is 129 Å². The number of nitrogens with zero attached hydrogens (tertiary/aromatic N) is 1. The second-order valence-corrected chi connectivity index (χ2v) is 4.89. The lowest BCUT2D eigenvalue weighted by Gasteiger charge is -2.28. The predicted octanol–water partition coefficient (Wildman–Crippen LogP) is 3.05. The minimum atomic E-state index is -0.350. The number of ether oxygens (including phenoxy) is 1. The average Bonchev–Trinajstić information content (AvgIpc) is 3.09. The van der Waals surface area contributed by atoms with Crippen molar-refractivity contribution in [2.75, 3.05) is 13.7 Å². The molecule has 1 heterocycles. The quantitative estimate of drug-likeness (QED) is 0.769. The molecule has 0 bridgehead atoms. The molecule has 0 saturated carbocycles. The molecule has 1 unspecified atom stereocenters. The summed E-state index contributed by atoms with van der Waals surface area (Å²) in [5.74, 6) is -0.338. The largest absolute Gasteiger partial charge is 0.469 e. The van der Waals surface area contributed by atoms with Crippen LogP contribution in [0.1, 0.15) is 35.5 Å². The molecule has 5 nitrogen and oxygen atoms in total. The molecule has 0 saturated heterocycles. The Balaban J connectivity index is 2.20. The molecule has 1 atom stereocenters. The maximum Gasteiger partial charge on any atom is 0.307 e. The van der Waals surface area contributed by atoms with Gasteiger partial charge in [-0.05, 0) is 24.6 Å². The van der Waals surface area contributed by atoms with E-state index in [0.29, 0.717) is 0 Å². The van der Waals surface area contributed by atoms with Crippen LogP contribution in [0.3, 0.4) is 0 Å². The van der Waals surface area contributed by atoms with Crippen molar-refractivity contribution in [3.8, 4) is 0 Å². The summed E-state index contributed by atoms with van der Waals surface area (Å²) in [6.07, 6.45) is 1.60. The number of carbonyl (C=O) groups excluding carboxylic acids is 2. The smallest absolute Gasteiger partial charge is 0.307 e. The molecule has 1 amide bonds. The van der Waals surface area contributed by atoms with Gasteiger partial charge >= 0.3 is 5.97 Å². The Hall–Kier alpha value is -2.56. The third kappa shape index (κ3) is 3.75. The molecule has 0 radical (unpaired) electrons. The third-order valence-electron chi connectivity index (χ3n) is 3.53. The van der Waals surface area contributed by atoms with Crippen molar-refractivity contribution in [1.82, 2.24) is 4.90 Å². The Kier molecular flexibility index (Phi) is 5.36. The summed E-state index contributed by atoms with van der Waals surface area (Å²) in [6, 6.07) is 12.8. The lowest BCUT2D eigenvalue weighted by atomic mass is 10.1. The average molecular weight is 301 g/mol. The minimum absolute atomic E-state index is 0.139. The van der Waals surface area contributed by atoms with Gasteiger partial charge in [-0.1, -0.05) is 30.3 Å². The van der Waals surface area contributed by atoms with Crippen LogP contribution in [0.5, 0.6) is 0 Å². The van der Waals surface area contributed by atoms with E-state index in [4.69, 9.17) is 4.42 Å². The van der Waals surface area contributed by atoms with Crippen molar-refractivity contribution >= 4 is 11.9 Å². The number of amides is 1. The molecular weight excluding hydrogens is 282 g/mol. The summed E-state index contributed by atoms with van der Waals surface area (Å²) < 4.78 is 9.84. The number of hydrogen-bond donors (Lipinski definition) is 0. The number of furan rings is 1. The lowest BCUT2D eigenvalue weighted by Crippen LogP contribution is -2.35. The highest BCUT2D eigenvalue weighted by Crippen LogP contribution is 2.22. The molecule has 1 aromatic carbocycles. The van der Waals surface area contributed by atoms with Crippen LogP contribution >= 0.6 is 0 Å². The number of esters is 1. The molecule has 116 valence electrons. The van der Waals surface area contributed by atoms with Crippen LogP contribution in [-0.2, 0) is 9.53 Å². The summed E-state index contributed by atoms with van der Waals surface area (Å²) in [7, 11) is 1.33. The normalized spacial score (nSPS) is 11.7. The van der Waals surface area contributed by atoms with Crippen molar-refractivity contribution in [1.29, 1.82) is 0 Å². The van der Waals surface area contributed by atoms with Gasteiger partial charge in [0.15, 0.2) is 5.76 Å². The second kappa shape index (κ2) is 7.45. The fraction of sp³-hybridized carbons (Fsp3) is 0.294. The third-order valence-corrected chi connectivity index (χ3v) is 3.53. The van der Waals surface area contributed by atoms with Crippen molar-refractivity contribution in [2.45, 2.75) is 19.4 Å². The molecule has 0 aliphatic heterocycles. The molecule has 2 rings (SSSR count). The van der Waals surface area contributed by atoms with Crippen LogP contribution in [-0.4, -0.2) is 30.4 Å². The van der Waals surface area contributed by atoms with Crippen LogP contribution in [0, 0.1) is 0 Å². The summed E-state index contributed by atoms with van der Waals surface area (Å²) in [5, 5.41) is 0. The Morgan fingerprint density at radius 2 is 1.91 bits per heavy atom. The van der Waals surface area contributed by atoms with Crippen LogP contribution in [0.2, 0.25) is 0 Å². The zero-order valence-corrected chi connectivity index (χ0v) is 12.7. The molecule has 0 aliphatic carbocycles. The second-order valence-electron chi connectivity index (χ2n) is 4.89. The molecule has 1 aromatic heterocycles. The standard InChI is InChI=1S/C17H19NO4/c1-13(14-7-4-3-5-8-14)18(11-10-16(19)21-2)17(20)15-9-6-12-22-15/h3-9,12-13H,10-11H2,1-2H3. The van der Waals surface area contributed by atoms with Gasteiger partial charge in [-0.25, -0.2) is 0 Å². The van der Waals surface area contributed by atoms with Gasteiger partial charge < -0.3 is 14.1 Å². The van der Waals surface area contributed by atoms with E-state index in [1.807, 2.05) is 37.3 Å². The highest BCUT2D eigenvalue weighted by Gasteiger charge is 2.25. The first-order valence-corrected chi connectivity index (χ1v) is 7.09. The fourth-order valence-corrected chi connectivity index (χ4v) is 2.24. The van der Waals surface area contributed by atoms with E-state index in [-0.39, 0.29) is 36.6 Å². The molecule has 0 fully saturated rings. The van der Waals surface area contributed by atoms with Gasteiger partial charge in [0.1, 0.15) is 0 Å². The molecule has 0 aliphatic rings. The predicted molar refractivity (Wildman–Crippen MR) is 81.2 cm³/mol. The Morgan fingerprint density at radius 3 is 2.50 bits per heavy atom. The Morgan fingerprint density at radius 1 is 1.18 bits per heavy atom. The summed E-state index contributed by atoms with van der Waals surface area (Å²) in [4.78, 5) is 25.6. The van der Waals surface area contributed by atoms with E-state index in [1.54, 1.807) is 17.0 Å². The van der Waals surface area contributed by atoms with Gasteiger partial charge in [0, 0.05) is 6.54 Å². The first-order chi connectivity index (χ1) is 10.6. The molecule has 0 N–H and O–H groups in total. The zero-order valence-electron chi connectivity index (χ0n) is 12.7. The molecule has 22 heavy (non-hydrogen) atoms. The number of carbonyl (C=O) groups is 2. The van der Waals surface area contributed by atoms with E-state index in [0.717, 1.165) is 5.56 Å². The Bertz CT molecular complexity index is 607. The molecule has 2 aromatic rings. The lowest BCUT2D eigenvalue weighted by molar-refractivity contribution is -0.140. The maximum absolute atomic E-state index is 12.6. The van der Waals surface area contributed by atoms with Gasteiger partial charge in [0.05, 0.1) is 25.8 Å². The monoisotopic (exact) mass is 301 g/mol. The minimum Gasteiger partial charge on any atom is -0.469 e. The van der Waals surface area contributed by atoms with Crippen LogP contribution in [0.15, 0.2) is 53.1 Å². The first kappa shape index (κ1) is 15.8. The fourth-order valence-electron chi connectivity index (χ4n) is 2.24. The molecular formula is C17H19NO4. The number of rotatable bonds is 6. The summed E-state index contributed by atoms with van der Waals surface area (Å²) in [5.41, 5.74) is 0.993. The molecule has 5 heteroatoms. The topological polar surface area (TPSA) is 59.8 Å². The van der Waals surface area contributed by atoms with Gasteiger partial charge in [-0.3, -0.25) is 9.59 Å². The van der Waals surface area contributed by atoms with E-state index >= 15 is 0 Å². The highest BCUT2D eigenvalue weighted by molar-refractivity contribution is 5.92. The number of benzene rings is 1. The van der Waals surface area contributed by atoms with Crippen LogP contribution < -0.4 is 0 Å². The van der Waals surface area contributed by atoms with E-state index < -0.39 is 0 Å².